The van der Waals surface area contributed by atoms with E-state index in [4.69, 9.17) is 5.11 Å². The van der Waals surface area contributed by atoms with Gasteiger partial charge in [-0.3, -0.25) is 0 Å². The molecule has 0 amide bonds. The van der Waals surface area contributed by atoms with E-state index in [0.717, 1.165) is 5.56 Å². The number of carbonyl (C=O) groups is 1. The second-order valence-electron chi connectivity index (χ2n) is 4.01. The standard InChI is InChI=1S/C12H13BrF3NO2/c13-10-6-8(11(18)19)2-3-9(10)7-17-5-1-4-12(14,15)16/h2-3,6,17H,1,4-5,7H2,(H,18,19). The van der Waals surface area contributed by atoms with Gasteiger partial charge in [-0.25, -0.2) is 4.79 Å². The molecule has 2 N–H and O–H groups in total. The zero-order valence-electron chi connectivity index (χ0n) is 9.93. The molecule has 7 heteroatoms. The van der Waals surface area contributed by atoms with E-state index in [1.807, 2.05) is 0 Å². The molecule has 0 aliphatic carbocycles. The fraction of sp³-hybridized carbons (Fsp3) is 0.417. The molecular weight excluding hydrogens is 327 g/mol. The highest BCUT2D eigenvalue weighted by atomic mass is 79.9. The summed E-state index contributed by atoms with van der Waals surface area (Å²) in [6.45, 7) is 0.644. The van der Waals surface area contributed by atoms with E-state index < -0.39 is 18.6 Å². The molecule has 0 radical (unpaired) electrons. The fourth-order valence-electron chi connectivity index (χ4n) is 1.46. The predicted molar refractivity (Wildman–Crippen MR) is 68.1 cm³/mol. The van der Waals surface area contributed by atoms with E-state index in [0.29, 0.717) is 11.0 Å². The van der Waals surface area contributed by atoms with E-state index in [-0.39, 0.29) is 18.5 Å². The summed E-state index contributed by atoms with van der Waals surface area (Å²) in [6.07, 6.45) is -4.90. The molecule has 106 valence electrons. The van der Waals surface area contributed by atoms with E-state index in [9.17, 15) is 18.0 Å². The zero-order valence-corrected chi connectivity index (χ0v) is 11.5. The van der Waals surface area contributed by atoms with Gasteiger partial charge in [-0.05, 0) is 30.7 Å². The summed E-state index contributed by atoms with van der Waals surface area (Å²) in [4.78, 5) is 10.7. The molecule has 0 heterocycles. The van der Waals surface area contributed by atoms with Crippen LogP contribution in [-0.2, 0) is 6.54 Å². The number of aromatic carboxylic acids is 1. The molecule has 19 heavy (non-hydrogen) atoms. The lowest BCUT2D eigenvalue weighted by Crippen LogP contribution is -2.18. The molecule has 0 saturated carbocycles. The van der Waals surface area contributed by atoms with E-state index in [1.54, 1.807) is 6.07 Å². The number of nitrogens with one attached hydrogen (secondary N) is 1. The van der Waals surface area contributed by atoms with E-state index in [1.165, 1.54) is 12.1 Å². The molecule has 0 aliphatic rings. The van der Waals surface area contributed by atoms with Crippen LogP contribution in [0.4, 0.5) is 13.2 Å². The van der Waals surface area contributed by atoms with E-state index in [2.05, 4.69) is 21.2 Å². The summed E-state index contributed by atoms with van der Waals surface area (Å²) in [7, 11) is 0. The van der Waals surface area contributed by atoms with Crippen LogP contribution in [0.3, 0.4) is 0 Å². The Bertz CT molecular complexity index is 449. The van der Waals surface area contributed by atoms with Crippen molar-refractivity contribution in [2.24, 2.45) is 0 Å². The molecule has 0 unspecified atom stereocenters. The number of halogens is 4. The highest BCUT2D eigenvalue weighted by Crippen LogP contribution is 2.21. The first kappa shape index (κ1) is 16.0. The molecule has 1 rings (SSSR count). The normalized spacial score (nSPS) is 11.6. The van der Waals surface area contributed by atoms with Crippen LogP contribution >= 0.6 is 15.9 Å². The van der Waals surface area contributed by atoms with Crippen LogP contribution in [0.5, 0.6) is 0 Å². The summed E-state index contributed by atoms with van der Waals surface area (Å²) < 4.78 is 36.3. The number of hydrogen-bond donors (Lipinski definition) is 2. The summed E-state index contributed by atoms with van der Waals surface area (Å²) in [5, 5.41) is 11.7. The first-order valence-corrected chi connectivity index (χ1v) is 6.38. The van der Waals surface area contributed by atoms with Crippen LogP contribution in [0.25, 0.3) is 0 Å². The van der Waals surface area contributed by atoms with Crippen LogP contribution in [0.1, 0.15) is 28.8 Å². The van der Waals surface area contributed by atoms with Crippen LogP contribution in [0, 0.1) is 0 Å². The Morgan fingerprint density at radius 2 is 2.05 bits per heavy atom. The Labute approximate surface area is 116 Å². The largest absolute Gasteiger partial charge is 0.478 e. The lowest BCUT2D eigenvalue weighted by atomic mass is 10.1. The van der Waals surface area contributed by atoms with Crippen molar-refractivity contribution in [3.63, 3.8) is 0 Å². The van der Waals surface area contributed by atoms with Gasteiger partial charge >= 0.3 is 12.1 Å². The van der Waals surface area contributed by atoms with Crippen LogP contribution < -0.4 is 5.32 Å². The van der Waals surface area contributed by atoms with Crippen molar-refractivity contribution >= 4 is 21.9 Å². The number of carboxylic acid groups (broad SMARTS) is 1. The molecule has 3 nitrogen and oxygen atoms in total. The Hall–Kier alpha value is -1.08. The number of alkyl halides is 3. The summed E-state index contributed by atoms with van der Waals surface area (Å²) in [5.41, 5.74) is 0.963. The summed E-state index contributed by atoms with van der Waals surface area (Å²) in [6, 6.07) is 4.55. The third kappa shape index (κ3) is 6.07. The van der Waals surface area contributed by atoms with Crippen molar-refractivity contribution in [1.82, 2.24) is 5.32 Å². The van der Waals surface area contributed by atoms with E-state index >= 15 is 0 Å². The van der Waals surface area contributed by atoms with Crippen molar-refractivity contribution in [2.45, 2.75) is 25.6 Å². The maximum Gasteiger partial charge on any atom is 0.389 e. The quantitative estimate of drug-likeness (QED) is 0.779. The molecule has 1 aromatic carbocycles. The molecular formula is C12H13BrF3NO2. The second kappa shape index (κ2) is 6.91. The third-order valence-electron chi connectivity index (χ3n) is 2.43. The van der Waals surface area contributed by atoms with Crippen molar-refractivity contribution in [2.75, 3.05) is 6.54 Å². The minimum atomic E-state index is -4.12. The first-order chi connectivity index (χ1) is 8.79. The van der Waals surface area contributed by atoms with Gasteiger partial charge in [-0.1, -0.05) is 22.0 Å². The van der Waals surface area contributed by atoms with Gasteiger partial charge in [-0.15, -0.1) is 0 Å². The number of carboxylic acids is 1. The SMILES string of the molecule is O=C(O)c1ccc(CNCCCC(F)(F)F)c(Br)c1. The number of benzene rings is 1. The number of rotatable bonds is 6. The Morgan fingerprint density at radius 3 is 2.58 bits per heavy atom. The van der Waals surface area contributed by atoms with Crippen molar-refractivity contribution in [3.05, 3.63) is 33.8 Å². The lowest BCUT2D eigenvalue weighted by Gasteiger charge is -2.09. The summed E-state index contributed by atoms with van der Waals surface area (Å²) >= 11 is 3.23. The molecule has 0 bridgehead atoms. The molecule has 0 aromatic heterocycles. The predicted octanol–water partition coefficient (Wildman–Crippen LogP) is 3.58. The topological polar surface area (TPSA) is 49.3 Å². The molecule has 1 aromatic rings. The van der Waals surface area contributed by atoms with Crippen LogP contribution in [0.2, 0.25) is 0 Å². The highest BCUT2D eigenvalue weighted by molar-refractivity contribution is 9.10. The first-order valence-electron chi connectivity index (χ1n) is 5.59. The summed E-state index contributed by atoms with van der Waals surface area (Å²) in [5.74, 6) is -1.02. The Kier molecular flexibility index (Phi) is 5.81. The van der Waals surface area contributed by atoms with Gasteiger partial charge < -0.3 is 10.4 Å². The van der Waals surface area contributed by atoms with Gasteiger partial charge in [0, 0.05) is 17.4 Å². The third-order valence-corrected chi connectivity index (χ3v) is 3.17. The molecule has 0 atom stereocenters. The van der Waals surface area contributed by atoms with Crippen molar-refractivity contribution < 1.29 is 23.1 Å². The maximum absolute atomic E-state index is 11.9. The maximum atomic E-state index is 11.9. The van der Waals surface area contributed by atoms with Gasteiger partial charge in [0.1, 0.15) is 0 Å². The Morgan fingerprint density at radius 1 is 1.37 bits per heavy atom. The molecule has 0 fully saturated rings. The van der Waals surface area contributed by atoms with Gasteiger partial charge in [0.15, 0.2) is 0 Å². The smallest absolute Gasteiger partial charge is 0.389 e. The van der Waals surface area contributed by atoms with Gasteiger partial charge in [0.2, 0.25) is 0 Å². The second-order valence-corrected chi connectivity index (χ2v) is 4.86. The average molecular weight is 340 g/mol. The molecule has 0 aliphatic heterocycles. The van der Waals surface area contributed by atoms with Crippen molar-refractivity contribution in [3.8, 4) is 0 Å². The fourth-order valence-corrected chi connectivity index (χ4v) is 1.98. The van der Waals surface area contributed by atoms with Crippen molar-refractivity contribution in [1.29, 1.82) is 0 Å². The molecule has 0 saturated heterocycles. The molecule has 0 spiro atoms. The highest BCUT2D eigenvalue weighted by Gasteiger charge is 2.25. The van der Waals surface area contributed by atoms with Crippen LogP contribution in [-0.4, -0.2) is 23.8 Å². The Balaban J connectivity index is 2.40. The number of hydrogen-bond acceptors (Lipinski definition) is 2. The minimum Gasteiger partial charge on any atom is -0.478 e. The lowest BCUT2D eigenvalue weighted by molar-refractivity contribution is -0.135. The van der Waals surface area contributed by atoms with Crippen LogP contribution in [0.15, 0.2) is 22.7 Å². The van der Waals surface area contributed by atoms with Gasteiger partial charge in [0.05, 0.1) is 5.56 Å². The minimum absolute atomic E-state index is 0.0222. The van der Waals surface area contributed by atoms with Gasteiger partial charge in [0.25, 0.3) is 0 Å². The zero-order chi connectivity index (χ0) is 14.5. The monoisotopic (exact) mass is 339 g/mol. The van der Waals surface area contributed by atoms with Gasteiger partial charge in [-0.2, -0.15) is 13.2 Å². The average Bonchev–Trinajstić information content (AvgIpc) is 2.28.